The summed E-state index contributed by atoms with van der Waals surface area (Å²) in [4.78, 5) is 58.9. The smallest absolute Gasteiger partial charge is 0.477 e. The summed E-state index contributed by atoms with van der Waals surface area (Å²) in [5.74, 6) is -5.83. The summed E-state index contributed by atoms with van der Waals surface area (Å²) in [6.07, 6.45) is -5.08. The number of carboxylic acids is 2. The molecule has 1 aromatic heterocycles. The van der Waals surface area contributed by atoms with Gasteiger partial charge < -0.3 is 30.7 Å². The van der Waals surface area contributed by atoms with Crippen molar-refractivity contribution >= 4 is 52.8 Å². The Bertz CT molecular complexity index is 1080. The monoisotopic (exact) mass is 555 g/mol. The third-order valence-corrected chi connectivity index (χ3v) is 7.10. The molecule has 12 nitrogen and oxygen atoms in total. The van der Waals surface area contributed by atoms with Gasteiger partial charge in [0.2, 0.25) is 5.91 Å². The van der Waals surface area contributed by atoms with Crippen LogP contribution in [0.15, 0.2) is 28.8 Å². The zero-order valence-electron chi connectivity index (χ0n) is 18.5. The van der Waals surface area contributed by atoms with E-state index in [0.717, 1.165) is 4.90 Å². The van der Waals surface area contributed by atoms with Gasteiger partial charge in [-0.2, -0.15) is 13.2 Å². The molecule has 3 heterocycles. The second-order valence-corrected chi connectivity index (χ2v) is 9.15. The van der Waals surface area contributed by atoms with Gasteiger partial charge in [-0.05, 0) is 11.4 Å². The first-order valence-corrected chi connectivity index (χ1v) is 11.6. The van der Waals surface area contributed by atoms with Crippen LogP contribution in [-0.4, -0.2) is 81.6 Å². The summed E-state index contributed by atoms with van der Waals surface area (Å²) < 4.78 is 42.0. The fraction of sp³-hybridized carbons (Fsp3) is 0.421. The number of nitrogens with two attached hydrogens (primary N) is 1. The molecule has 5 N–H and O–H groups in total. The highest BCUT2D eigenvalue weighted by atomic mass is 32.2. The maximum atomic E-state index is 12.9. The van der Waals surface area contributed by atoms with E-state index in [1.807, 2.05) is 0 Å². The highest BCUT2D eigenvalue weighted by molar-refractivity contribution is 8.00. The number of ether oxygens (including phenoxy) is 2. The molecule has 2 aliphatic heterocycles. The lowest BCUT2D eigenvalue weighted by molar-refractivity contribution is -0.193. The van der Waals surface area contributed by atoms with Crippen molar-refractivity contribution in [3.8, 4) is 0 Å². The van der Waals surface area contributed by atoms with Crippen molar-refractivity contribution in [2.24, 2.45) is 5.73 Å². The molecule has 1 aromatic rings. The summed E-state index contributed by atoms with van der Waals surface area (Å²) >= 11 is 2.50. The fourth-order valence-electron chi connectivity index (χ4n) is 3.10. The van der Waals surface area contributed by atoms with E-state index < -0.39 is 53.0 Å². The van der Waals surface area contributed by atoms with E-state index in [4.69, 9.17) is 25.1 Å². The molecule has 0 spiro atoms. The molecule has 2 amide bonds. The number of halogens is 3. The standard InChI is InChI=1S/C17H19N3O7S2.C2HF3O2/c1-8(21)27-6-9-7-29-16-17(26-2,15(25)20(16)12(9)14(23)24)19-13(22)11(18)10-4-3-5-28-10;3-2(4,5)1(6)7/h3-5,11,16H,6-7,18H2,1-2H3,(H,19,22)(H,23,24);(H,6,7)/t11?,16-,17-;/m0./s1. The van der Waals surface area contributed by atoms with E-state index in [-0.39, 0.29) is 23.6 Å². The first-order valence-electron chi connectivity index (χ1n) is 9.67. The van der Waals surface area contributed by atoms with Gasteiger partial charge in [-0.1, -0.05) is 6.07 Å². The number of aliphatic carboxylic acids is 2. The molecule has 3 rings (SSSR count). The Balaban J connectivity index is 0.000000572. The van der Waals surface area contributed by atoms with E-state index in [2.05, 4.69) is 5.32 Å². The molecule has 0 aliphatic carbocycles. The average molecular weight is 556 g/mol. The van der Waals surface area contributed by atoms with Gasteiger partial charge in [-0.25, -0.2) is 9.59 Å². The van der Waals surface area contributed by atoms with E-state index >= 15 is 0 Å². The molecular formula is C19H20F3N3O9S2. The minimum atomic E-state index is -5.08. The molecule has 0 aromatic carbocycles. The van der Waals surface area contributed by atoms with Crippen LogP contribution in [0, 0.1) is 0 Å². The number of amides is 2. The van der Waals surface area contributed by atoms with E-state index in [1.54, 1.807) is 17.5 Å². The van der Waals surface area contributed by atoms with Crippen LogP contribution in [0.5, 0.6) is 0 Å². The van der Waals surface area contributed by atoms with Crippen molar-refractivity contribution in [3.63, 3.8) is 0 Å². The number of thiophene rings is 1. The Morgan fingerprint density at radius 1 is 1.33 bits per heavy atom. The Labute approximate surface area is 209 Å². The van der Waals surface area contributed by atoms with Crippen molar-refractivity contribution in [1.29, 1.82) is 0 Å². The molecule has 0 bridgehead atoms. The predicted octanol–water partition coefficient (Wildman–Crippen LogP) is 0.657. The number of alkyl halides is 3. The lowest BCUT2D eigenvalue weighted by Crippen LogP contribution is -2.81. The van der Waals surface area contributed by atoms with Crippen LogP contribution in [-0.2, 0) is 33.4 Å². The number of carboxylic acid groups (broad SMARTS) is 2. The lowest BCUT2D eigenvalue weighted by atomic mass is 9.97. The number of esters is 1. The van der Waals surface area contributed by atoms with Crippen molar-refractivity contribution in [1.82, 2.24) is 10.2 Å². The van der Waals surface area contributed by atoms with Gasteiger partial charge in [0.1, 0.15) is 23.7 Å². The minimum absolute atomic E-state index is 0.182. The summed E-state index contributed by atoms with van der Waals surface area (Å²) in [7, 11) is 1.26. The van der Waals surface area contributed by atoms with Crippen molar-refractivity contribution < 1.29 is 56.8 Å². The minimum Gasteiger partial charge on any atom is -0.477 e. The van der Waals surface area contributed by atoms with E-state index in [1.165, 1.54) is 37.1 Å². The van der Waals surface area contributed by atoms with E-state index in [0.29, 0.717) is 4.88 Å². The highest BCUT2D eigenvalue weighted by Gasteiger charge is 2.66. The van der Waals surface area contributed by atoms with Crippen LogP contribution in [0.3, 0.4) is 0 Å². The van der Waals surface area contributed by atoms with Crippen LogP contribution >= 0.6 is 23.1 Å². The fourth-order valence-corrected chi connectivity index (χ4v) is 5.25. The van der Waals surface area contributed by atoms with Crippen LogP contribution in [0.1, 0.15) is 17.8 Å². The van der Waals surface area contributed by atoms with Crippen molar-refractivity contribution in [2.75, 3.05) is 19.5 Å². The molecule has 0 radical (unpaired) electrons. The maximum Gasteiger partial charge on any atom is 0.490 e. The normalized spacial score (nSPS) is 21.9. The first-order chi connectivity index (χ1) is 16.7. The molecule has 1 fully saturated rings. The van der Waals surface area contributed by atoms with Gasteiger partial charge in [-0.15, -0.1) is 23.1 Å². The molecule has 0 saturated carbocycles. The number of rotatable bonds is 7. The zero-order valence-corrected chi connectivity index (χ0v) is 20.2. The molecular weight excluding hydrogens is 535 g/mol. The summed E-state index contributed by atoms with van der Waals surface area (Å²) in [6, 6.07) is 2.46. The number of nitrogens with zero attached hydrogens (tertiary/aromatic N) is 1. The third kappa shape index (κ3) is 5.97. The second kappa shape index (κ2) is 11.3. The van der Waals surface area contributed by atoms with Crippen molar-refractivity contribution in [3.05, 3.63) is 33.7 Å². The number of β-lactam (4-membered cyclic amide) rings is 1. The average Bonchev–Trinajstić information content (AvgIpc) is 3.34. The summed E-state index contributed by atoms with van der Waals surface area (Å²) in [5.41, 5.74) is 4.24. The Hall–Kier alpha value is -3.15. The highest BCUT2D eigenvalue weighted by Crippen LogP contribution is 2.46. The number of hydrogen-bond donors (Lipinski definition) is 4. The SMILES string of the molecule is CO[C@@]1(NC(=O)C(N)c2cccs2)C(=O)N2C(C(=O)O)=C(COC(C)=O)CS[C@H]21.O=C(O)C(F)(F)F. The van der Waals surface area contributed by atoms with Crippen molar-refractivity contribution in [2.45, 2.75) is 30.2 Å². The Kier molecular flexibility index (Phi) is 9.11. The van der Waals surface area contributed by atoms with Crippen LogP contribution in [0.4, 0.5) is 13.2 Å². The van der Waals surface area contributed by atoms with Gasteiger partial charge in [0, 0.05) is 30.2 Å². The number of fused-ring (bicyclic) bond motifs is 1. The predicted molar refractivity (Wildman–Crippen MR) is 117 cm³/mol. The third-order valence-electron chi connectivity index (χ3n) is 4.77. The van der Waals surface area contributed by atoms with Gasteiger partial charge >= 0.3 is 24.1 Å². The van der Waals surface area contributed by atoms with E-state index in [9.17, 15) is 37.5 Å². The number of carbonyl (C=O) groups excluding carboxylic acids is 3. The molecule has 198 valence electrons. The first kappa shape index (κ1) is 29.1. The van der Waals surface area contributed by atoms with Gasteiger partial charge in [0.05, 0.1) is 0 Å². The number of carbonyl (C=O) groups is 5. The van der Waals surface area contributed by atoms with Crippen LogP contribution < -0.4 is 11.1 Å². The summed E-state index contributed by atoms with van der Waals surface area (Å²) in [5, 5.41) is 20.3. The molecule has 1 unspecified atom stereocenters. The topological polar surface area (TPSA) is 186 Å². The molecule has 17 heteroatoms. The number of nitrogens with one attached hydrogen (secondary N) is 1. The molecule has 3 atom stereocenters. The van der Waals surface area contributed by atoms with Gasteiger partial charge in [0.25, 0.3) is 11.6 Å². The Morgan fingerprint density at radius 3 is 2.39 bits per heavy atom. The van der Waals surface area contributed by atoms with Crippen LogP contribution in [0.2, 0.25) is 0 Å². The quantitative estimate of drug-likeness (QED) is 0.210. The molecule has 1 saturated heterocycles. The maximum absolute atomic E-state index is 12.9. The largest absolute Gasteiger partial charge is 0.490 e. The zero-order chi connectivity index (χ0) is 27.4. The number of methoxy groups -OCH3 is 1. The van der Waals surface area contributed by atoms with Gasteiger partial charge in [0.15, 0.2) is 0 Å². The Morgan fingerprint density at radius 2 is 1.94 bits per heavy atom. The number of thioether (sulfide) groups is 1. The number of hydrogen-bond acceptors (Lipinski definition) is 10. The molecule has 36 heavy (non-hydrogen) atoms. The lowest BCUT2D eigenvalue weighted by Gasteiger charge is -2.55. The second-order valence-electron chi connectivity index (χ2n) is 7.10. The van der Waals surface area contributed by atoms with Crippen LogP contribution in [0.25, 0.3) is 0 Å². The molecule has 2 aliphatic rings. The van der Waals surface area contributed by atoms with Gasteiger partial charge in [-0.3, -0.25) is 19.3 Å². The summed E-state index contributed by atoms with van der Waals surface area (Å²) in [6.45, 7) is 0.965.